The van der Waals surface area contributed by atoms with Gasteiger partial charge in [-0.3, -0.25) is 4.90 Å². The van der Waals surface area contributed by atoms with E-state index in [0.29, 0.717) is 39.2 Å². The maximum atomic E-state index is 6.71. The van der Waals surface area contributed by atoms with E-state index in [0.717, 1.165) is 56.2 Å². The summed E-state index contributed by atoms with van der Waals surface area (Å²) in [5.41, 5.74) is 17.6. The normalized spacial score (nSPS) is 14.3. The van der Waals surface area contributed by atoms with Gasteiger partial charge < -0.3 is 25.8 Å². The lowest BCUT2D eigenvalue weighted by atomic mass is 10.1. The molecule has 0 radical (unpaired) electrons. The fourth-order valence-electron chi connectivity index (χ4n) is 4.43. The number of nitrogens with two attached hydrogens (primary N) is 2. The summed E-state index contributed by atoms with van der Waals surface area (Å²) in [6.07, 6.45) is 5.16. The summed E-state index contributed by atoms with van der Waals surface area (Å²) in [6, 6.07) is 7.66. The summed E-state index contributed by atoms with van der Waals surface area (Å²) < 4.78 is 12.8. The number of rotatable bonds is 7. The minimum Gasteiger partial charge on any atom is -0.494 e. The number of hydrogen-bond acceptors (Lipinski definition) is 9. The number of ether oxygens (including phenoxy) is 2. The zero-order valence-electron chi connectivity index (χ0n) is 20.3. The van der Waals surface area contributed by atoms with Gasteiger partial charge in [0.15, 0.2) is 5.82 Å². The van der Waals surface area contributed by atoms with Crippen molar-refractivity contribution in [1.29, 1.82) is 0 Å². The second kappa shape index (κ2) is 10.2. The van der Waals surface area contributed by atoms with Crippen LogP contribution in [0.1, 0.15) is 0 Å². The standard InChI is InChI=1S/C25H29ClN8O2/c1-32(7-8-33-9-11-36-12-10-33)19-13-20(35-2)23(28)21(22(19)27)25-29-15-17(26)24(31-25)16-14-30-34-6-4-3-5-18(16)34/h3-6,13-15H,7-12,27-28H2,1-2H3. The average Bonchev–Trinajstić information content (AvgIpc) is 3.33. The zero-order valence-corrected chi connectivity index (χ0v) is 21.1. The molecule has 4 aromatic rings. The smallest absolute Gasteiger partial charge is 0.164 e. The van der Waals surface area contributed by atoms with Crippen LogP contribution in [-0.4, -0.2) is 78.0 Å². The van der Waals surface area contributed by atoms with Crippen LogP contribution in [0.15, 0.2) is 42.9 Å². The molecule has 1 aliphatic heterocycles. The van der Waals surface area contributed by atoms with E-state index < -0.39 is 0 Å². The molecule has 0 bridgehead atoms. The molecule has 36 heavy (non-hydrogen) atoms. The summed E-state index contributed by atoms with van der Waals surface area (Å²) >= 11 is 6.54. The third kappa shape index (κ3) is 4.50. The van der Waals surface area contributed by atoms with Crippen molar-refractivity contribution in [3.63, 3.8) is 0 Å². The average molecular weight is 509 g/mol. The molecule has 188 valence electrons. The third-order valence-electron chi connectivity index (χ3n) is 6.48. The first-order valence-electron chi connectivity index (χ1n) is 11.7. The first-order valence-corrected chi connectivity index (χ1v) is 12.1. The van der Waals surface area contributed by atoms with E-state index in [4.69, 9.17) is 37.5 Å². The fraction of sp³-hybridized carbons (Fsp3) is 0.320. The molecule has 4 heterocycles. The van der Waals surface area contributed by atoms with Crippen LogP contribution in [0.5, 0.6) is 5.75 Å². The quantitative estimate of drug-likeness (QED) is 0.363. The highest BCUT2D eigenvalue weighted by Gasteiger charge is 2.23. The summed E-state index contributed by atoms with van der Waals surface area (Å²) in [5.74, 6) is 0.866. The molecule has 0 amide bonds. The Kier molecular flexibility index (Phi) is 6.82. The third-order valence-corrected chi connectivity index (χ3v) is 6.76. The van der Waals surface area contributed by atoms with Gasteiger partial charge in [-0.05, 0) is 12.1 Å². The maximum absolute atomic E-state index is 6.71. The zero-order chi connectivity index (χ0) is 25.2. The monoisotopic (exact) mass is 508 g/mol. The van der Waals surface area contributed by atoms with Crippen molar-refractivity contribution in [1.82, 2.24) is 24.5 Å². The van der Waals surface area contributed by atoms with E-state index in [1.165, 1.54) is 0 Å². The molecule has 1 aliphatic rings. The molecule has 1 aromatic carbocycles. The number of anilines is 3. The van der Waals surface area contributed by atoms with Gasteiger partial charge in [0.1, 0.15) is 5.75 Å². The number of nitrogen functional groups attached to an aromatic ring is 2. The van der Waals surface area contributed by atoms with Crippen molar-refractivity contribution in [2.75, 3.05) is 69.9 Å². The fourth-order valence-corrected chi connectivity index (χ4v) is 4.62. The minimum atomic E-state index is 0.362. The number of morpholine rings is 1. The molecule has 10 nitrogen and oxygen atoms in total. The molecule has 1 saturated heterocycles. The van der Waals surface area contributed by atoms with Crippen molar-refractivity contribution in [3.8, 4) is 28.4 Å². The number of likely N-dealkylation sites (N-methyl/N-ethyl adjacent to an activating group) is 1. The Morgan fingerprint density at radius 1 is 1.17 bits per heavy atom. The Morgan fingerprint density at radius 3 is 2.75 bits per heavy atom. The molecule has 11 heteroatoms. The lowest BCUT2D eigenvalue weighted by molar-refractivity contribution is 0.0393. The van der Waals surface area contributed by atoms with Crippen LogP contribution >= 0.6 is 11.6 Å². The number of methoxy groups -OCH3 is 1. The van der Waals surface area contributed by atoms with Gasteiger partial charge in [0, 0.05) is 51.1 Å². The summed E-state index contributed by atoms with van der Waals surface area (Å²) in [4.78, 5) is 13.8. The summed E-state index contributed by atoms with van der Waals surface area (Å²) in [6.45, 7) is 5.02. The second-order valence-corrected chi connectivity index (χ2v) is 9.06. The molecule has 3 aromatic heterocycles. The molecule has 0 unspecified atom stereocenters. The predicted molar refractivity (Wildman–Crippen MR) is 143 cm³/mol. The van der Waals surface area contributed by atoms with Gasteiger partial charge in [0.2, 0.25) is 0 Å². The Hall–Kier alpha value is -3.60. The van der Waals surface area contributed by atoms with Crippen LogP contribution in [-0.2, 0) is 4.74 Å². The SMILES string of the molecule is COc1cc(N(C)CCN2CCOCC2)c(N)c(-c2ncc(Cl)c(-c3cnn4ccccc34)n2)c1N. The van der Waals surface area contributed by atoms with Crippen molar-refractivity contribution < 1.29 is 9.47 Å². The van der Waals surface area contributed by atoms with Crippen molar-refractivity contribution in [2.45, 2.75) is 0 Å². The number of nitrogens with zero attached hydrogens (tertiary/aromatic N) is 6. The highest BCUT2D eigenvalue weighted by atomic mass is 35.5. The number of fused-ring (bicyclic) bond motifs is 1. The van der Waals surface area contributed by atoms with Crippen molar-refractivity contribution >= 4 is 34.2 Å². The van der Waals surface area contributed by atoms with Crippen molar-refractivity contribution in [3.05, 3.63) is 47.9 Å². The number of benzene rings is 1. The Bertz CT molecular complexity index is 1390. The van der Waals surface area contributed by atoms with Crippen LogP contribution in [0.4, 0.5) is 17.1 Å². The van der Waals surface area contributed by atoms with E-state index in [1.807, 2.05) is 37.5 Å². The van der Waals surface area contributed by atoms with Crippen LogP contribution < -0.4 is 21.1 Å². The number of aromatic nitrogens is 4. The van der Waals surface area contributed by atoms with Gasteiger partial charge in [-0.1, -0.05) is 17.7 Å². The van der Waals surface area contributed by atoms with Crippen molar-refractivity contribution in [2.24, 2.45) is 0 Å². The lowest BCUT2D eigenvalue weighted by Crippen LogP contribution is -2.40. The largest absolute Gasteiger partial charge is 0.494 e. The molecular formula is C25H29ClN8O2. The second-order valence-electron chi connectivity index (χ2n) is 8.65. The van der Waals surface area contributed by atoms with Crippen LogP contribution in [0, 0.1) is 0 Å². The van der Waals surface area contributed by atoms with Crippen LogP contribution in [0.3, 0.4) is 0 Å². The Balaban J connectivity index is 1.54. The first-order chi connectivity index (χ1) is 17.5. The van der Waals surface area contributed by atoms with E-state index in [-0.39, 0.29) is 0 Å². The first kappa shape index (κ1) is 24.1. The molecule has 5 rings (SSSR count). The lowest BCUT2D eigenvalue weighted by Gasteiger charge is -2.30. The van der Waals surface area contributed by atoms with Gasteiger partial charge >= 0.3 is 0 Å². The van der Waals surface area contributed by atoms with E-state index in [1.54, 1.807) is 24.0 Å². The van der Waals surface area contributed by atoms with Crippen LogP contribution in [0.2, 0.25) is 5.02 Å². The van der Waals surface area contributed by atoms with E-state index in [2.05, 4.69) is 19.9 Å². The molecule has 1 fully saturated rings. The maximum Gasteiger partial charge on any atom is 0.164 e. The van der Waals surface area contributed by atoms with Gasteiger partial charge in [0.25, 0.3) is 0 Å². The Morgan fingerprint density at radius 2 is 1.97 bits per heavy atom. The van der Waals surface area contributed by atoms with E-state index >= 15 is 0 Å². The van der Waals surface area contributed by atoms with E-state index in [9.17, 15) is 0 Å². The van der Waals surface area contributed by atoms with Gasteiger partial charge in [-0.15, -0.1) is 0 Å². The molecule has 0 atom stereocenters. The molecule has 0 aliphatic carbocycles. The Labute approximate surface area is 214 Å². The predicted octanol–water partition coefficient (Wildman–Crippen LogP) is 3.05. The molecule has 4 N–H and O–H groups in total. The summed E-state index contributed by atoms with van der Waals surface area (Å²) in [7, 11) is 3.58. The highest BCUT2D eigenvalue weighted by molar-refractivity contribution is 6.33. The number of pyridine rings is 1. The molecule has 0 saturated carbocycles. The van der Waals surface area contributed by atoms with Gasteiger partial charge in [-0.25, -0.2) is 14.5 Å². The topological polar surface area (TPSA) is 120 Å². The molecule has 0 spiro atoms. The van der Waals surface area contributed by atoms with Crippen LogP contribution in [0.25, 0.3) is 28.2 Å². The molecular weight excluding hydrogens is 480 g/mol. The van der Waals surface area contributed by atoms with Gasteiger partial charge in [0.05, 0.1) is 71.6 Å². The van der Waals surface area contributed by atoms with Gasteiger partial charge in [-0.2, -0.15) is 5.10 Å². The number of hydrogen-bond donors (Lipinski definition) is 2. The number of halogens is 1. The summed E-state index contributed by atoms with van der Waals surface area (Å²) in [5, 5.41) is 4.81. The highest BCUT2D eigenvalue weighted by Crippen LogP contribution is 2.43. The minimum absolute atomic E-state index is 0.362.